The summed E-state index contributed by atoms with van der Waals surface area (Å²) in [5, 5.41) is 9.24. The van der Waals surface area contributed by atoms with Gasteiger partial charge in [-0.3, -0.25) is 0 Å². The predicted molar refractivity (Wildman–Crippen MR) is 201 cm³/mol. The van der Waals surface area contributed by atoms with Gasteiger partial charge in [-0.2, -0.15) is 0 Å². The van der Waals surface area contributed by atoms with Crippen molar-refractivity contribution in [3.63, 3.8) is 0 Å². The van der Waals surface area contributed by atoms with Crippen molar-refractivity contribution in [2.45, 2.75) is 0 Å². The van der Waals surface area contributed by atoms with E-state index in [1.54, 1.807) is 0 Å². The molecule has 8 aromatic carbocycles. The topological polar surface area (TPSA) is 51.8 Å². The molecule has 0 aliphatic heterocycles. The Morgan fingerprint density at radius 1 is 0.347 bits per heavy atom. The maximum Gasteiger partial charge on any atom is 0.164 e. The largest absolute Gasteiger partial charge is 0.455 e. The minimum Gasteiger partial charge on any atom is -0.455 e. The summed E-state index contributed by atoms with van der Waals surface area (Å²) in [5.74, 6) is 1.86. The van der Waals surface area contributed by atoms with E-state index in [-0.39, 0.29) is 0 Å². The number of nitrogens with zero attached hydrogens (tertiary/aromatic N) is 3. The van der Waals surface area contributed by atoms with Gasteiger partial charge in [-0.05, 0) is 56.1 Å². The van der Waals surface area contributed by atoms with Crippen LogP contribution in [0.2, 0.25) is 0 Å². The van der Waals surface area contributed by atoms with Gasteiger partial charge in [-0.25, -0.2) is 15.0 Å². The summed E-state index contributed by atoms with van der Waals surface area (Å²) in [6.45, 7) is 0. The SMILES string of the molecule is c1ccc(-c2nc(-c3ccc4ccccc4c3)nc(-c3cccc4oc5c(-c6ccc7ccc8ccccc8c7c6)cccc5c34)n2)cc1. The zero-order valence-electron chi connectivity index (χ0n) is 26.3. The van der Waals surface area contributed by atoms with Crippen molar-refractivity contribution < 1.29 is 4.42 Å². The number of rotatable bonds is 4. The van der Waals surface area contributed by atoms with Crippen LogP contribution in [0.25, 0.3) is 99.5 Å². The molecule has 0 fully saturated rings. The average Bonchev–Trinajstić information content (AvgIpc) is 3.57. The molecule has 228 valence electrons. The lowest BCUT2D eigenvalue weighted by Crippen LogP contribution is -2.00. The van der Waals surface area contributed by atoms with Crippen molar-refractivity contribution in [3.8, 4) is 45.3 Å². The normalized spacial score (nSPS) is 11.7. The molecule has 0 bridgehead atoms. The number of para-hydroxylation sites is 1. The molecular weight excluding hydrogens is 599 g/mol. The Morgan fingerprint density at radius 2 is 0.959 bits per heavy atom. The van der Waals surface area contributed by atoms with Crippen LogP contribution >= 0.6 is 0 Å². The average molecular weight is 626 g/mol. The second kappa shape index (κ2) is 11.0. The molecule has 0 aliphatic carbocycles. The molecular formula is C45H27N3O. The van der Waals surface area contributed by atoms with Crippen molar-refractivity contribution >= 4 is 54.3 Å². The highest BCUT2D eigenvalue weighted by atomic mass is 16.3. The molecule has 10 rings (SSSR count). The fourth-order valence-corrected chi connectivity index (χ4v) is 7.10. The smallest absolute Gasteiger partial charge is 0.164 e. The molecule has 0 aliphatic rings. The van der Waals surface area contributed by atoms with Gasteiger partial charge in [0.05, 0.1) is 0 Å². The van der Waals surface area contributed by atoms with Gasteiger partial charge in [0.25, 0.3) is 0 Å². The van der Waals surface area contributed by atoms with Gasteiger partial charge < -0.3 is 4.42 Å². The lowest BCUT2D eigenvalue weighted by molar-refractivity contribution is 0.670. The van der Waals surface area contributed by atoms with Crippen molar-refractivity contribution in [2.24, 2.45) is 0 Å². The minimum absolute atomic E-state index is 0.605. The summed E-state index contributed by atoms with van der Waals surface area (Å²) in [5.41, 5.74) is 6.57. The molecule has 0 saturated heterocycles. The number of hydrogen-bond donors (Lipinski definition) is 0. The van der Waals surface area contributed by atoms with Crippen LogP contribution in [0.15, 0.2) is 168 Å². The Balaban J connectivity index is 1.19. The maximum absolute atomic E-state index is 6.71. The van der Waals surface area contributed by atoms with Crippen LogP contribution in [0, 0.1) is 0 Å². The van der Waals surface area contributed by atoms with Crippen LogP contribution in [0.1, 0.15) is 0 Å². The zero-order valence-corrected chi connectivity index (χ0v) is 26.3. The molecule has 0 N–H and O–H groups in total. The van der Waals surface area contributed by atoms with Crippen LogP contribution in [-0.2, 0) is 0 Å². The Bertz CT molecular complexity index is 2890. The molecule has 4 heteroatoms. The Morgan fingerprint density at radius 3 is 1.84 bits per heavy atom. The molecule has 10 aromatic rings. The molecule has 2 aromatic heterocycles. The molecule has 0 amide bonds. The van der Waals surface area contributed by atoms with E-state index in [4.69, 9.17) is 19.4 Å². The van der Waals surface area contributed by atoms with Crippen LogP contribution in [0.3, 0.4) is 0 Å². The van der Waals surface area contributed by atoms with Gasteiger partial charge in [-0.1, -0.05) is 146 Å². The first-order valence-corrected chi connectivity index (χ1v) is 16.4. The molecule has 49 heavy (non-hydrogen) atoms. The van der Waals surface area contributed by atoms with E-state index in [0.29, 0.717) is 17.5 Å². The maximum atomic E-state index is 6.71. The van der Waals surface area contributed by atoms with Crippen LogP contribution < -0.4 is 0 Å². The number of fused-ring (bicyclic) bond motifs is 7. The third kappa shape index (κ3) is 4.57. The van der Waals surface area contributed by atoms with Gasteiger partial charge in [-0.15, -0.1) is 0 Å². The van der Waals surface area contributed by atoms with E-state index in [2.05, 4.69) is 121 Å². The number of furan rings is 1. The molecule has 0 saturated carbocycles. The third-order valence-electron chi connectivity index (χ3n) is 9.50. The second-order valence-corrected chi connectivity index (χ2v) is 12.4. The third-order valence-corrected chi connectivity index (χ3v) is 9.50. The summed E-state index contributed by atoms with van der Waals surface area (Å²) < 4.78 is 6.71. The van der Waals surface area contributed by atoms with E-state index < -0.39 is 0 Å². The summed E-state index contributed by atoms with van der Waals surface area (Å²) in [6, 6.07) is 56.9. The Labute approximate surface area is 282 Å². The van der Waals surface area contributed by atoms with Gasteiger partial charge in [0, 0.05) is 33.0 Å². The second-order valence-electron chi connectivity index (χ2n) is 12.4. The lowest BCUT2D eigenvalue weighted by Gasteiger charge is -2.10. The first-order valence-electron chi connectivity index (χ1n) is 16.4. The fourth-order valence-electron chi connectivity index (χ4n) is 7.10. The molecule has 0 spiro atoms. The van der Waals surface area contributed by atoms with E-state index in [9.17, 15) is 0 Å². The first-order chi connectivity index (χ1) is 24.3. The monoisotopic (exact) mass is 625 g/mol. The minimum atomic E-state index is 0.605. The Kier molecular flexibility index (Phi) is 6.15. The van der Waals surface area contributed by atoms with Crippen molar-refractivity contribution in [3.05, 3.63) is 164 Å². The van der Waals surface area contributed by atoms with Crippen molar-refractivity contribution in [2.75, 3.05) is 0 Å². The van der Waals surface area contributed by atoms with E-state index >= 15 is 0 Å². The van der Waals surface area contributed by atoms with Crippen LogP contribution in [-0.4, -0.2) is 15.0 Å². The fraction of sp³-hybridized carbons (Fsp3) is 0. The predicted octanol–water partition coefficient (Wildman–Crippen LogP) is 11.9. The molecule has 0 radical (unpaired) electrons. The summed E-state index contributed by atoms with van der Waals surface area (Å²) in [7, 11) is 0. The van der Waals surface area contributed by atoms with Crippen molar-refractivity contribution in [1.82, 2.24) is 15.0 Å². The lowest BCUT2D eigenvalue weighted by atomic mass is 9.96. The standard InChI is InChI=1S/C45H27N3O/c1-2-12-31(13-3-1)43-46-44(34-25-20-28-10-4-5-14-32(28)26-34)48-45(47-43)38-18-9-19-40-41(38)37-17-8-16-36(42(37)49-40)33-24-23-30-22-21-29-11-6-7-15-35(29)39(30)27-33/h1-27H. The highest BCUT2D eigenvalue weighted by Crippen LogP contribution is 2.41. The number of hydrogen-bond acceptors (Lipinski definition) is 4. The van der Waals surface area contributed by atoms with Gasteiger partial charge in [0.2, 0.25) is 0 Å². The van der Waals surface area contributed by atoms with Crippen LogP contribution in [0.5, 0.6) is 0 Å². The van der Waals surface area contributed by atoms with E-state index in [1.165, 1.54) is 26.9 Å². The number of benzene rings is 8. The van der Waals surface area contributed by atoms with Crippen molar-refractivity contribution in [1.29, 1.82) is 0 Å². The zero-order chi connectivity index (χ0) is 32.3. The molecule has 0 unspecified atom stereocenters. The number of aromatic nitrogens is 3. The first kappa shape index (κ1) is 27.5. The highest BCUT2D eigenvalue weighted by Gasteiger charge is 2.20. The highest BCUT2D eigenvalue weighted by molar-refractivity contribution is 6.16. The summed E-state index contributed by atoms with van der Waals surface area (Å²) in [6.07, 6.45) is 0. The summed E-state index contributed by atoms with van der Waals surface area (Å²) in [4.78, 5) is 15.2. The molecule has 2 heterocycles. The van der Waals surface area contributed by atoms with Gasteiger partial charge in [0.1, 0.15) is 11.2 Å². The van der Waals surface area contributed by atoms with Crippen LogP contribution in [0.4, 0.5) is 0 Å². The van der Waals surface area contributed by atoms with Gasteiger partial charge >= 0.3 is 0 Å². The summed E-state index contributed by atoms with van der Waals surface area (Å²) >= 11 is 0. The van der Waals surface area contributed by atoms with E-state index in [1.807, 2.05) is 42.5 Å². The van der Waals surface area contributed by atoms with E-state index in [0.717, 1.165) is 55.1 Å². The van der Waals surface area contributed by atoms with Gasteiger partial charge in [0.15, 0.2) is 17.5 Å². The Hall–Kier alpha value is -6.65. The molecule has 4 nitrogen and oxygen atoms in total. The quantitative estimate of drug-likeness (QED) is 0.183. The molecule has 0 atom stereocenters.